The predicted molar refractivity (Wildman–Crippen MR) is 110 cm³/mol. The van der Waals surface area contributed by atoms with Crippen LogP contribution in [0.2, 0.25) is 0 Å². The summed E-state index contributed by atoms with van der Waals surface area (Å²) in [7, 11) is 0. The second kappa shape index (κ2) is 8.51. The fraction of sp³-hybridized carbons (Fsp3) is 0.500. The second-order valence-electron chi connectivity index (χ2n) is 8.07. The number of hydrogen-bond donors (Lipinski definition) is 1. The molecule has 1 aliphatic heterocycles. The fourth-order valence-corrected chi connectivity index (χ4v) is 3.31. The van der Waals surface area contributed by atoms with E-state index < -0.39 is 0 Å². The molecule has 2 aromatic rings. The molecule has 144 valence electrons. The van der Waals surface area contributed by atoms with Crippen molar-refractivity contribution < 1.29 is 4.79 Å². The maximum Gasteiger partial charge on any atom is 0.256 e. The van der Waals surface area contributed by atoms with Crippen molar-refractivity contribution in [2.75, 3.05) is 24.5 Å². The lowest BCUT2D eigenvalue weighted by Crippen LogP contribution is -2.36. The number of carbonyl (C=O) groups excluding carboxylic acids is 1. The van der Waals surface area contributed by atoms with Crippen molar-refractivity contribution >= 4 is 11.7 Å². The minimum absolute atomic E-state index is 0.0897. The number of aryl methyl sites for hydroxylation is 1. The molecule has 2 heterocycles. The average Bonchev–Trinajstić information content (AvgIpc) is 2.66. The third-order valence-corrected chi connectivity index (χ3v) is 5.04. The van der Waals surface area contributed by atoms with Crippen LogP contribution < -0.4 is 10.2 Å². The van der Waals surface area contributed by atoms with E-state index in [4.69, 9.17) is 4.98 Å². The predicted octanol–water partition coefficient (Wildman–Crippen LogP) is 4.07. The molecule has 3 rings (SSSR count). The highest BCUT2D eigenvalue weighted by Gasteiger charge is 2.24. The molecule has 5 heteroatoms. The van der Waals surface area contributed by atoms with Gasteiger partial charge in [-0.2, -0.15) is 0 Å². The van der Waals surface area contributed by atoms with Crippen LogP contribution in [0.5, 0.6) is 0 Å². The Balaban J connectivity index is 1.96. The van der Waals surface area contributed by atoms with E-state index in [1.807, 2.05) is 12.1 Å². The summed E-state index contributed by atoms with van der Waals surface area (Å²) in [6.45, 7) is 11.0. The van der Waals surface area contributed by atoms with Crippen LogP contribution in [-0.2, 0) is 0 Å². The maximum absolute atomic E-state index is 12.8. The Labute approximate surface area is 162 Å². The molecule has 1 fully saturated rings. The maximum atomic E-state index is 12.8. The minimum atomic E-state index is -0.0897. The molecule has 1 aliphatic rings. The summed E-state index contributed by atoms with van der Waals surface area (Å²) in [6.07, 6.45) is 3.93. The van der Waals surface area contributed by atoms with Crippen molar-refractivity contribution in [2.24, 2.45) is 11.8 Å². The van der Waals surface area contributed by atoms with Crippen molar-refractivity contribution in [3.05, 3.63) is 41.6 Å². The molecule has 1 aromatic carbocycles. The number of amides is 1. The lowest BCUT2D eigenvalue weighted by atomic mass is 9.99. The van der Waals surface area contributed by atoms with E-state index in [-0.39, 0.29) is 5.91 Å². The number of carbonyl (C=O) groups is 1. The SMILES string of the molecule is Cc1cccc(-c2ncc(C(=O)NCC(C)C)c(N3CCC(C)CC3)n2)c1. The van der Waals surface area contributed by atoms with Crippen molar-refractivity contribution in [1.82, 2.24) is 15.3 Å². The van der Waals surface area contributed by atoms with Gasteiger partial charge in [-0.05, 0) is 37.7 Å². The highest BCUT2D eigenvalue weighted by Crippen LogP contribution is 2.27. The van der Waals surface area contributed by atoms with Crippen molar-refractivity contribution in [1.29, 1.82) is 0 Å². The van der Waals surface area contributed by atoms with Gasteiger partial charge in [-0.1, -0.05) is 44.5 Å². The van der Waals surface area contributed by atoms with Gasteiger partial charge < -0.3 is 10.2 Å². The normalized spacial score (nSPS) is 15.2. The molecular weight excluding hydrogens is 336 g/mol. The number of rotatable bonds is 5. The van der Waals surface area contributed by atoms with Gasteiger partial charge in [0.2, 0.25) is 0 Å². The first-order chi connectivity index (χ1) is 12.9. The van der Waals surface area contributed by atoms with Crippen LogP contribution in [0.1, 0.15) is 49.5 Å². The molecule has 0 saturated carbocycles. The zero-order chi connectivity index (χ0) is 19.4. The van der Waals surface area contributed by atoms with Crippen LogP contribution in [0.3, 0.4) is 0 Å². The smallest absolute Gasteiger partial charge is 0.256 e. The van der Waals surface area contributed by atoms with Crippen molar-refractivity contribution in [2.45, 2.75) is 40.5 Å². The van der Waals surface area contributed by atoms with Crippen LogP contribution >= 0.6 is 0 Å². The number of anilines is 1. The Kier molecular flexibility index (Phi) is 6.09. The molecule has 1 amide bonds. The highest BCUT2D eigenvalue weighted by atomic mass is 16.1. The summed E-state index contributed by atoms with van der Waals surface area (Å²) >= 11 is 0. The van der Waals surface area contributed by atoms with Crippen LogP contribution in [0.15, 0.2) is 30.5 Å². The van der Waals surface area contributed by atoms with Gasteiger partial charge in [0.25, 0.3) is 5.91 Å². The van der Waals surface area contributed by atoms with Gasteiger partial charge in [-0.15, -0.1) is 0 Å². The quantitative estimate of drug-likeness (QED) is 0.866. The summed E-state index contributed by atoms with van der Waals surface area (Å²) in [4.78, 5) is 24.3. The zero-order valence-electron chi connectivity index (χ0n) is 16.8. The molecule has 1 N–H and O–H groups in total. The summed E-state index contributed by atoms with van der Waals surface area (Å²) < 4.78 is 0. The highest BCUT2D eigenvalue weighted by molar-refractivity contribution is 5.99. The van der Waals surface area contributed by atoms with Gasteiger partial charge in [-0.25, -0.2) is 9.97 Å². The van der Waals surface area contributed by atoms with Crippen molar-refractivity contribution in [3.63, 3.8) is 0 Å². The number of nitrogens with one attached hydrogen (secondary N) is 1. The molecule has 0 aliphatic carbocycles. The first kappa shape index (κ1) is 19.3. The van der Waals surface area contributed by atoms with E-state index >= 15 is 0 Å². The minimum Gasteiger partial charge on any atom is -0.356 e. The Morgan fingerprint density at radius 3 is 2.70 bits per heavy atom. The number of aromatic nitrogens is 2. The first-order valence-electron chi connectivity index (χ1n) is 9.91. The third-order valence-electron chi connectivity index (χ3n) is 5.04. The summed E-state index contributed by atoms with van der Waals surface area (Å²) in [5.74, 6) is 2.47. The van der Waals surface area contributed by atoms with Crippen LogP contribution in [0.4, 0.5) is 5.82 Å². The van der Waals surface area contributed by atoms with Gasteiger partial charge in [0, 0.05) is 31.4 Å². The lowest BCUT2D eigenvalue weighted by Gasteiger charge is -2.32. The lowest BCUT2D eigenvalue weighted by molar-refractivity contribution is 0.0948. The number of benzene rings is 1. The van der Waals surface area contributed by atoms with Gasteiger partial charge in [0.1, 0.15) is 11.4 Å². The van der Waals surface area contributed by atoms with Gasteiger partial charge in [0.15, 0.2) is 5.82 Å². The van der Waals surface area contributed by atoms with Crippen LogP contribution in [0, 0.1) is 18.8 Å². The molecule has 5 nitrogen and oxygen atoms in total. The van der Waals surface area contributed by atoms with E-state index in [0.29, 0.717) is 23.9 Å². The van der Waals surface area contributed by atoms with E-state index in [1.165, 1.54) is 5.56 Å². The van der Waals surface area contributed by atoms with Gasteiger partial charge in [-0.3, -0.25) is 4.79 Å². The topological polar surface area (TPSA) is 58.1 Å². The summed E-state index contributed by atoms with van der Waals surface area (Å²) in [6, 6.07) is 8.17. The molecule has 0 radical (unpaired) electrons. The average molecular weight is 367 g/mol. The first-order valence-corrected chi connectivity index (χ1v) is 9.91. The van der Waals surface area contributed by atoms with E-state index in [2.05, 4.69) is 55.0 Å². The molecule has 1 saturated heterocycles. The summed E-state index contributed by atoms with van der Waals surface area (Å²) in [5.41, 5.74) is 2.72. The van der Waals surface area contributed by atoms with Crippen LogP contribution in [-0.4, -0.2) is 35.5 Å². The fourth-order valence-electron chi connectivity index (χ4n) is 3.31. The third kappa shape index (κ3) is 4.85. The molecule has 0 bridgehead atoms. The monoisotopic (exact) mass is 366 g/mol. The number of piperidine rings is 1. The molecule has 1 aromatic heterocycles. The van der Waals surface area contributed by atoms with E-state index in [9.17, 15) is 4.79 Å². The molecular formula is C22H30N4O. The molecule has 0 spiro atoms. The van der Waals surface area contributed by atoms with Gasteiger partial charge in [0.05, 0.1) is 0 Å². The molecule has 0 unspecified atom stereocenters. The Morgan fingerprint density at radius 1 is 1.30 bits per heavy atom. The van der Waals surface area contributed by atoms with E-state index in [1.54, 1.807) is 6.20 Å². The summed E-state index contributed by atoms with van der Waals surface area (Å²) in [5, 5.41) is 3.01. The standard InChI is InChI=1S/C22H30N4O/c1-15(2)13-24-22(27)19-14-23-20(18-7-5-6-17(4)12-18)25-21(19)26-10-8-16(3)9-11-26/h5-7,12,14-16H,8-11,13H2,1-4H3,(H,24,27). The molecule has 0 atom stereocenters. The Morgan fingerprint density at radius 2 is 2.04 bits per heavy atom. The van der Waals surface area contributed by atoms with E-state index in [0.717, 1.165) is 43.2 Å². The van der Waals surface area contributed by atoms with Crippen molar-refractivity contribution in [3.8, 4) is 11.4 Å². The Hall–Kier alpha value is -2.43. The van der Waals surface area contributed by atoms with Gasteiger partial charge >= 0.3 is 0 Å². The zero-order valence-corrected chi connectivity index (χ0v) is 16.8. The number of nitrogens with zero attached hydrogens (tertiary/aromatic N) is 3. The number of hydrogen-bond acceptors (Lipinski definition) is 4. The van der Waals surface area contributed by atoms with Crippen LogP contribution in [0.25, 0.3) is 11.4 Å². The molecule has 27 heavy (non-hydrogen) atoms. The second-order valence-corrected chi connectivity index (χ2v) is 8.07. The largest absolute Gasteiger partial charge is 0.356 e. The Bertz CT molecular complexity index is 795.